The molecule has 1 fully saturated rings. The van der Waals surface area contributed by atoms with Gasteiger partial charge in [0.2, 0.25) is 0 Å². The summed E-state index contributed by atoms with van der Waals surface area (Å²) in [4.78, 5) is 7.64. The third kappa shape index (κ3) is 4.15. The highest BCUT2D eigenvalue weighted by molar-refractivity contribution is 14.0. The van der Waals surface area contributed by atoms with Gasteiger partial charge in [-0.2, -0.15) is 0 Å². The van der Waals surface area contributed by atoms with Crippen molar-refractivity contribution in [3.8, 4) is 0 Å². The van der Waals surface area contributed by atoms with Gasteiger partial charge in [-0.15, -0.1) is 24.0 Å². The predicted octanol–water partition coefficient (Wildman–Crippen LogP) is 3.44. The Labute approximate surface area is 149 Å². The second kappa shape index (κ2) is 8.41. The molecule has 1 aliphatic rings. The fourth-order valence-electron chi connectivity index (χ4n) is 3.11. The van der Waals surface area contributed by atoms with Crippen molar-refractivity contribution in [2.24, 2.45) is 4.99 Å². The van der Waals surface area contributed by atoms with Gasteiger partial charge >= 0.3 is 0 Å². The number of fused-ring (bicyclic) bond motifs is 1. The fourth-order valence-corrected chi connectivity index (χ4v) is 3.11. The average Bonchev–Trinajstić information content (AvgIpc) is 3.16. The van der Waals surface area contributed by atoms with Crippen LogP contribution in [0.1, 0.15) is 31.2 Å². The Morgan fingerprint density at radius 1 is 1.27 bits per heavy atom. The highest BCUT2D eigenvalue weighted by atomic mass is 127. The predicted molar refractivity (Wildman–Crippen MR) is 104 cm³/mol. The Hall–Kier alpha value is -1.24. The number of para-hydroxylation sites is 1. The van der Waals surface area contributed by atoms with Gasteiger partial charge in [-0.1, -0.05) is 31.0 Å². The zero-order chi connectivity index (χ0) is 14.5. The van der Waals surface area contributed by atoms with E-state index in [9.17, 15) is 0 Å². The van der Waals surface area contributed by atoms with E-state index in [0.29, 0.717) is 6.04 Å². The number of halogens is 1. The third-order valence-electron chi connectivity index (χ3n) is 4.28. The largest absolute Gasteiger partial charge is 0.361 e. The Kier molecular flexibility index (Phi) is 6.54. The fraction of sp³-hybridized carbons (Fsp3) is 0.471. The van der Waals surface area contributed by atoms with Gasteiger partial charge < -0.3 is 15.6 Å². The molecule has 0 aliphatic heterocycles. The van der Waals surface area contributed by atoms with Crippen LogP contribution in [0.3, 0.4) is 0 Å². The van der Waals surface area contributed by atoms with Crippen LogP contribution in [-0.4, -0.2) is 30.6 Å². The summed E-state index contributed by atoms with van der Waals surface area (Å²) < 4.78 is 0. The summed E-state index contributed by atoms with van der Waals surface area (Å²) in [5, 5.41) is 8.26. The lowest BCUT2D eigenvalue weighted by atomic mass is 10.1. The summed E-state index contributed by atoms with van der Waals surface area (Å²) in [6.07, 6.45) is 8.31. The zero-order valence-corrected chi connectivity index (χ0v) is 15.4. The highest BCUT2D eigenvalue weighted by Crippen LogP contribution is 2.18. The lowest BCUT2D eigenvalue weighted by Gasteiger charge is -2.16. The van der Waals surface area contributed by atoms with Gasteiger partial charge in [0, 0.05) is 36.7 Å². The second-order valence-corrected chi connectivity index (χ2v) is 5.73. The van der Waals surface area contributed by atoms with Crippen molar-refractivity contribution in [3.63, 3.8) is 0 Å². The molecule has 0 atom stereocenters. The number of nitrogens with one attached hydrogen (secondary N) is 3. The first-order valence-electron chi connectivity index (χ1n) is 7.89. The maximum absolute atomic E-state index is 4.32. The van der Waals surface area contributed by atoms with E-state index in [1.807, 2.05) is 7.05 Å². The summed E-state index contributed by atoms with van der Waals surface area (Å²) >= 11 is 0. The molecule has 2 aromatic rings. The molecule has 4 nitrogen and oxygen atoms in total. The molecule has 0 bridgehead atoms. The van der Waals surface area contributed by atoms with Crippen LogP contribution < -0.4 is 10.6 Å². The normalized spacial score (nSPS) is 15.8. The zero-order valence-electron chi connectivity index (χ0n) is 13.1. The van der Waals surface area contributed by atoms with E-state index in [1.54, 1.807) is 0 Å². The SMILES string of the molecule is CN=C(NCCc1c[nH]c2ccccc12)NC1CCCC1.I. The number of aromatic nitrogens is 1. The molecule has 0 radical (unpaired) electrons. The molecule has 3 rings (SSSR count). The molecule has 1 aliphatic carbocycles. The van der Waals surface area contributed by atoms with Gasteiger partial charge in [0.15, 0.2) is 5.96 Å². The van der Waals surface area contributed by atoms with E-state index in [1.165, 1.54) is 42.1 Å². The minimum atomic E-state index is 0. The van der Waals surface area contributed by atoms with E-state index < -0.39 is 0 Å². The lowest BCUT2D eigenvalue weighted by molar-refractivity contribution is 0.613. The van der Waals surface area contributed by atoms with Gasteiger partial charge in [-0.3, -0.25) is 4.99 Å². The minimum absolute atomic E-state index is 0. The molecule has 0 saturated heterocycles. The Morgan fingerprint density at radius 2 is 2.05 bits per heavy atom. The van der Waals surface area contributed by atoms with Crippen LogP contribution in [0.2, 0.25) is 0 Å². The van der Waals surface area contributed by atoms with E-state index in [4.69, 9.17) is 0 Å². The summed E-state index contributed by atoms with van der Waals surface area (Å²) in [5.41, 5.74) is 2.57. The molecule has 0 amide bonds. The average molecular weight is 412 g/mol. The summed E-state index contributed by atoms with van der Waals surface area (Å²) in [7, 11) is 1.84. The number of benzene rings is 1. The number of guanidine groups is 1. The van der Waals surface area contributed by atoms with Crippen LogP contribution in [0.4, 0.5) is 0 Å². The molecule has 3 N–H and O–H groups in total. The van der Waals surface area contributed by atoms with Gasteiger partial charge in [0.1, 0.15) is 0 Å². The molecule has 5 heteroatoms. The van der Waals surface area contributed by atoms with E-state index >= 15 is 0 Å². The molecule has 22 heavy (non-hydrogen) atoms. The third-order valence-corrected chi connectivity index (χ3v) is 4.28. The molecule has 1 aromatic heterocycles. The molecule has 1 saturated carbocycles. The molecule has 0 spiro atoms. The summed E-state index contributed by atoms with van der Waals surface area (Å²) in [6, 6.07) is 9.05. The molecule has 1 heterocycles. The first-order chi connectivity index (χ1) is 10.4. The second-order valence-electron chi connectivity index (χ2n) is 5.73. The number of hydrogen-bond acceptors (Lipinski definition) is 1. The number of hydrogen-bond donors (Lipinski definition) is 3. The molecule has 1 aromatic carbocycles. The van der Waals surface area contributed by atoms with Crippen molar-refractivity contribution in [1.29, 1.82) is 0 Å². The van der Waals surface area contributed by atoms with Gasteiger partial charge in [0.05, 0.1) is 0 Å². The van der Waals surface area contributed by atoms with Crippen molar-refractivity contribution in [1.82, 2.24) is 15.6 Å². The van der Waals surface area contributed by atoms with Gasteiger partial charge in [-0.25, -0.2) is 0 Å². The van der Waals surface area contributed by atoms with Crippen LogP contribution in [0.15, 0.2) is 35.5 Å². The number of nitrogens with zero attached hydrogens (tertiary/aromatic N) is 1. The number of aromatic amines is 1. The monoisotopic (exact) mass is 412 g/mol. The molecule has 120 valence electrons. The smallest absolute Gasteiger partial charge is 0.191 e. The first kappa shape index (κ1) is 17.1. The van der Waals surface area contributed by atoms with Crippen molar-refractivity contribution in [2.75, 3.05) is 13.6 Å². The Balaban J connectivity index is 0.00000176. The van der Waals surface area contributed by atoms with Crippen molar-refractivity contribution in [3.05, 3.63) is 36.0 Å². The van der Waals surface area contributed by atoms with Crippen molar-refractivity contribution >= 4 is 40.8 Å². The Bertz CT molecular complexity index is 614. The quantitative estimate of drug-likeness (QED) is 0.410. The minimum Gasteiger partial charge on any atom is -0.361 e. The molecule has 0 unspecified atom stereocenters. The topological polar surface area (TPSA) is 52.2 Å². The lowest BCUT2D eigenvalue weighted by Crippen LogP contribution is -2.42. The molecular formula is C17H25IN4. The standard InChI is InChI=1S/C17H24N4.HI/c1-18-17(21-14-6-2-3-7-14)19-11-10-13-12-20-16-9-5-4-8-15(13)16;/h4-5,8-9,12,14,20H,2-3,6-7,10-11H2,1H3,(H2,18,19,21);1H. The summed E-state index contributed by atoms with van der Waals surface area (Å²) in [5.74, 6) is 0.932. The van der Waals surface area contributed by atoms with E-state index in [-0.39, 0.29) is 24.0 Å². The van der Waals surface area contributed by atoms with Crippen LogP contribution in [-0.2, 0) is 6.42 Å². The van der Waals surface area contributed by atoms with Gasteiger partial charge in [0.25, 0.3) is 0 Å². The van der Waals surface area contributed by atoms with Crippen LogP contribution >= 0.6 is 24.0 Å². The molecular weight excluding hydrogens is 387 g/mol. The van der Waals surface area contributed by atoms with Crippen molar-refractivity contribution in [2.45, 2.75) is 38.1 Å². The van der Waals surface area contributed by atoms with Gasteiger partial charge in [-0.05, 0) is 30.9 Å². The number of rotatable bonds is 4. The number of aliphatic imine (C=N–C) groups is 1. The van der Waals surface area contributed by atoms with Crippen LogP contribution in [0, 0.1) is 0 Å². The maximum atomic E-state index is 4.32. The Morgan fingerprint density at radius 3 is 2.82 bits per heavy atom. The number of H-pyrrole nitrogens is 1. The van der Waals surface area contributed by atoms with E-state index in [2.05, 4.69) is 51.1 Å². The maximum Gasteiger partial charge on any atom is 0.191 e. The van der Waals surface area contributed by atoms with E-state index in [0.717, 1.165) is 18.9 Å². The van der Waals surface area contributed by atoms with Crippen LogP contribution in [0.25, 0.3) is 10.9 Å². The van der Waals surface area contributed by atoms with Crippen LogP contribution in [0.5, 0.6) is 0 Å². The highest BCUT2D eigenvalue weighted by Gasteiger charge is 2.15. The first-order valence-corrected chi connectivity index (χ1v) is 7.89. The summed E-state index contributed by atoms with van der Waals surface area (Å²) in [6.45, 7) is 0.897. The van der Waals surface area contributed by atoms with Crippen molar-refractivity contribution < 1.29 is 0 Å².